The molecule has 0 aromatic rings. The van der Waals surface area contributed by atoms with Gasteiger partial charge < -0.3 is 16.6 Å². The van der Waals surface area contributed by atoms with E-state index in [0.29, 0.717) is 0 Å². The predicted molar refractivity (Wildman–Crippen MR) is 129 cm³/mol. The summed E-state index contributed by atoms with van der Waals surface area (Å²) in [4.78, 5) is 2.15. The second-order valence-corrected chi connectivity index (χ2v) is 18.5. The maximum Gasteiger partial charge on any atom is 1.00 e. The standard InChI is InChI=1S/C6H14Si.C6H13Si.C5H14N2.C4H9.2Li/c2*1-5-6-7(2,3)4;1-6-4-5-7(2)3;1-3-4-2;;/h5-6H,1-4H3;5-6H,1H2,2-4H3;6H,4-5H2,1-3H3;3H,4H2,1-2H3;;/q;-1;;-1;2*+1/b2*6-5+;;;;. The largest absolute Gasteiger partial charge is 1.00 e. The molecule has 0 aliphatic heterocycles. The van der Waals surface area contributed by atoms with E-state index in [0.717, 1.165) is 13.1 Å². The van der Waals surface area contributed by atoms with Crippen molar-refractivity contribution in [1.29, 1.82) is 0 Å². The first kappa shape index (κ1) is 42.1. The SMILES string of the molecule is C/C=C/[Si](C)(C)C.CNCCN(C)C.C[CH-]CC.[CH2-]/C=C/[Si](C)(C)C.[Li+].[Li+]. The third-order valence-corrected chi connectivity index (χ3v) is 5.07. The molecule has 0 amide bonds. The molecule has 0 aromatic heterocycles. The van der Waals surface area contributed by atoms with Gasteiger partial charge in [-0.05, 0) is 36.1 Å². The monoisotopic (exact) mass is 400 g/mol. The number of allylic oxidation sites excluding steroid dienone is 2. The summed E-state index contributed by atoms with van der Waals surface area (Å²) < 4.78 is 0. The molecule has 0 heterocycles. The van der Waals surface area contributed by atoms with Crippen LogP contribution in [0.2, 0.25) is 39.3 Å². The first-order chi connectivity index (χ1) is 11.3. The van der Waals surface area contributed by atoms with Crippen molar-refractivity contribution in [3.05, 3.63) is 36.9 Å². The topological polar surface area (TPSA) is 15.3 Å². The first-order valence-corrected chi connectivity index (χ1v) is 16.6. The molecular formula is C21H50Li2N2Si2. The summed E-state index contributed by atoms with van der Waals surface area (Å²) in [6.07, 6.45) is 7.36. The van der Waals surface area contributed by atoms with E-state index in [4.69, 9.17) is 0 Å². The van der Waals surface area contributed by atoms with Crippen molar-refractivity contribution in [2.24, 2.45) is 0 Å². The Morgan fingerprint density at radius 3 is 1.37 bits per heavy atom. The zero-order valence-corrected chi connectivity index (χ0v) is 23.7. The molecule has 0 atom stereocenters. The molecule has 0 spiro atoms. The van der Waals surface area contributed by atoms with Crippen molar-refractivity contribution in [1.82, 2.24) is 10.2 Å². The number of rotatable bonds is 6. The van der Waals surface area contributed by atoms with E-state index >= 15 is 0 Å². The Kier molecular flexibility index (Phi) is 45.4. The molecule has 0 aliphatic rings. The summed E-state index contributed by atoms with van der Waals surface area (Å²) in [5, 5.41) is 3.06. The summed E-state index contributed by atoms with van der Waals surface area (Å²) in [7, 11) is 4.36. The summed E-state index contributed by atoms with van der Waals surface area (Å²) >= 11 is 0. The van der Waals surface area contributed by atoms with E-state index in [1.165, 1.54) is 6.42 Å². The Morgan fingerprint density at radius 2 is 1.33 bits per heavy atom. The van der Waals surface area contributed by atoms with Crippen LogP contribution in [-0.2, 0) is 0 Å². The molecule has 0 aromatic carbocycles. The van der Waals surface area contributed by atoms with Gasteiger partial charge in [0.1, 0.15) is 0 Å². The van der Waals surface area contributed by atoms with Gasteiger partial charge in [0.25, 0.3) is 0 Å². The summed E-state index contributed by atoms with van der Waals surface area (Å²) in [5.41, 5.74) is 4.54. The van der Waals surface area contributed by atoms with Crippen LogP contribution < -0.4 is 43.0 Å². The van der Waals surface area contributed by atoms with Crippen LogP contribution in [0.5, 0.6) is 0 Å². The third-order valence-electron chi connectivity index (χ3n) is 2.50. The van der Waals surface area contributed by atoms with Gasteiger partial charge in [-0.15, -0.1) is 0 Å². The van der Waals surface area contributed by atoms with E-state index in [1.54, 1.807) is 0 Å². The molecule has 0 bridgehead atoms. The fourth-order valence-corrected chi connectivity index (χ4v) is 2.90. The number of unbranched alkanes of at least 4 members (excludes halogenated alkanes) is 1. The van der Waals surface area contributed by atoms with E-state index < -0.39 is 16.1 Å². The van der Waals surface area contributed by atoms with Crippen molar-refractivity contribution in [2.45, 2.75) is 66.5 Å². The number of likely N-dealkylation sites (N-methyl/N-ethyl adjacent to an activating group) is 2. The van der Waals surface area contributed by atoms with Crippen LogP contribution in [0, 0.1) is 13.3 Å². The zero-order chi connectivity index (χ0) is 20.9. The van der Waals surface area contributed by atoms with Gasteiger partial charge in [-0.1, -0.05) is 58.0 Å². The van der Waals surface area contributed by atoms with E-state index in [2.05, 4.69) is 115 Å². The minimum atomic E-state index is -0.900. The zero-order valence-electron chi connectivity index (χ0n) is 21.7. The molecule has 6 heteroatoms. The first-order valence-electron chi connectivity index (χ1n) is 9.49. The normalized spacial score (nSPS) is 10.6. The van der Waals surface area contributed by atoms with Gasteiger partial charge in [-0.25, -0.2) is 18.7 Å². The summed E-state index contributed by atoms with van der Waals surface area (Å²) in [6.45, 7) is 25.9. The molecule has 0 unspecified atom stereocenters. The van der Waals surface area contributed by atoms with E-state index in [1.807, 2.05) is 13.1 Å². The Hall–Kier alpha value is 0.899. The fourth-order valence-electron chi connectivity index (χ4n) is 1.19. The van der Waals surface area contributed by atoms with E-state index in [-0.39, 0.29) is 37.7 Å². The van der Waals surface area contributed by atoms with Crippen LogP contribution in [0.25, 0.3) is 0 Å². The maximum absolute atomic E-state index is 3.63. The van der Waals surface area contributed by atoms with Crippen LogP contribution in [0.4, 0.5) is 0 Å². The smallest absolute Gasteiger partial charge is 0.332 e. The molecule has 1 N–H and O–H groups in total. The Balaban J connectivity index is -0.0000000541. The molecule has 154 valence electrons. The molecule has 2 nitrogen and oxygen atoms in total. The Bertz CT molecular complexity index is 272. The quantitative estimate of drug-likeness (QED) is 0.502. The summed E-state index contributed by atoms with van der Waals surface area (Å²) in [6, 6.07) is 0. The minimum Gasteiger partial charge on any atom is -0.332 e. The van der Waals surface area contributed by atoms with Gasteiger partial charge in [0.2, 0.25) is 0 Å². The summed E-state index contributed by atoms with van der Waals surface area (Å²) in [5.74, 6) is 0. The van der Waals surface area contributed by atoms with Crippen LogP contribution >= 0.6 is 0 Å². The second kappa shape index (κ2) is 29.1. The number of nitrogens with zero attached hydrogens (tertiary/aromatic N) is 1. The van der Waals surface area contributed by atoms with Gasteiger partial charge in [0, 0.05) is 13.1 Å². The van der Waals surface area contributed by atoms with Gasteiger partial charge in [-0.2, -0.15) is 13.3 Å². The number of nitrogens with one attached hydrogen (secondary N) is 1. The van der Waals surface area contributed by atoms with Crippen molar-refractivity contribution >= 4 is 16.1 Å². The van der Waals surface area contributed by atoms with Gasteiger partial charge in [0.05, 0.1) is 8.07 Å². The van der Waals surface area contributed by atoms with Gasteiger partial charge in [-0.3, -0.25) is 0 Å². The van der Waals surface area contributed by atoms with Crippen molar-refractivity contribution in [3.8, 4) is 0 Å². The molecule has 0 saturated carbocycles. The minimum absolute atomic E-state index is 0. The number of hydrogen-bond acceptors (Lipinski definition) is 2. The van der Waals surface area contributed by atoms with Crippen LogP contribution in [0.1, 0.15) is 27.2 Å². The van der Waals surface area contributed by atoms with Crippen LogP contribution in [0.15, 0.2) is 23.6 Å². The van der Waals surface area contributed by atoms with Crippen molar-refractivity contribution in [3.63, 3.8) is 0 Å². The molecule has 0 fully saturated rings. The molecular weight excluding hydrogens is 350 g/mol. The average molecular weight is 401 g/mol. The average Bonchev–Trinajstić information content (AvgIpc) is 2.44. The molecule has 27 heavy (non-hydrogen) atoms. The Morgan fingerprint density at radius 1 is 0.963 bits per heavy atom. The molecule has 0 rings (SSSR count). The van der Waals surface area contributed by atoms with Gasteiger partial charge in [0.15, 0.2) is 0 Å². The van der Waals surface area contributed by atoms with Crippen LogP contribution in [-0.4, -0.2) is 55.3 Å². The number of hydrogen-bond donors (Lipinski definition) is 1. The van der Waals surface area contributed by atoms with Gasteiger partial charge >= 0.3 is 37.7 Å². The van der Waals surface area contributed by atoms with E-state index in [9.17, 15) is 0 Å². The fraction of sp³-hybridized carbons (Fsp3) is 0.714. The maximum atomic E-state index is 3.63. The molecule has 0 radical (unpaired) electrons. The Labute approximate surface area is 200 Å². The molecule has 0 saturated heterocycles. The van der Waals surface area contributed by atoms with Crippen molar-refractivity contribution < 1.29 is 37.7 Å². The molecule has 0 aliphatic carbocycles. The second-order valence-electron chi connectivity index (χ2n) is 8.36. The third kappa shape index (κ3) is 86.3. The predicted octanol–water partition coefficient (Wildman–Crippen LogP) is 0.0900. The van der Waals surface area contributed by atoms with Crippen LogP contribution in [0.3, 0.4) is 0 Å². The van der Waals surface area contributed by atoms with Crippen molar-refractivity contribution in [2.75, 3.05) is 34.2 Å².